The van der Waals surface area contributed by atoms with Gasteiger partial charge in [0.25, 0.3) is 0 Å². The Labute approximate surface area is 166 Å². The lowest BCUT2D eigenvalue weighted by Crippen LogP contribution is -2.43. The maximum Gasteiger partial charge on any atom is -0.0246 e. The molecule has 0 spiro atoms. The fourth-order valence-corrected chi connectivity index (χ4v) is 8.66. The van der Waals surface area contributed by atoms with Crippen LogP contribution in [-0.2, 0) is 0 Å². The molecule has 4 atom stereocenters. The van der Waals surface area contributed by atoms with Crippen molar-refractivity contribution in [3.05, 3.63) is 0 Å². The molecule has 26 heavy (non-hydrogen) atoms. The topological polar surface area (TPSA) is 0 Å². The molecule has 0 aromatic carbocycles. The van der Waals surface area contributed by atoms with Crippen LogP contribution in [0.5, 0.6) is 0 Å². The first-order chi connectivity index (χ1) is 11.4. The van der Waals surface area contributed by atoms with Gasteiger partial charge < -0.3 is 0 Å². The van der Waals surface area contributed by atoms with Crippen LogP contribution < -0.4 is 0 Å². The van der Waals surface area contributed by atoms with Crippen LogP contribution in [-0.4, -0.2) is 0 Å². The highest BCUT2D eigenvalue weighted by molar-refractivity contribution is 5.26. The molecule has 0 radical (unpaired) electrons. The molecule has 3 rings (SSSR count). The van der Waals surface area contributed by atoms with Gasteiger partial charge in [-0.15, -0.1) is 0 Å². The van der Waals surface area contributed by atoms with Crippen LogP contribution in [0, 0.1) is 62.1 Å². The summed E-state index contributed by atoms with van der Waals surface area (Å²) in [6, 6.07) is 0. The maximum atomic E-state index is 2.61. The van der Waals surface area contributed by atoms with E-state index in [1.54, 1.807) is 0 Å². The Kier molecular flexibility index (Phi) is 4.75. The Hall–Kier alpha value is 0. The Morgan fingerprint density at radius 1 is 0.385 bits per heavy atom. The van der Waals surface area contributed by atoms with Crippen LogP contribution >= 0.6 is 0 Å². The molecular formula is C26H50. The number of rotatable bonds is 0. The fraction of sp³-hybridized carbons (Fsp3) is 1.00. The Morgan fingerprint density at radius 3 is 0.808 bits per heavy atom. The maximum absolute atomic E-state index is 2.61. The fourth-order valence-electron chi connectivity index (χ4n) is 8.66. The van der Waals surface area contributed by atoms with Crippen molar-refractivity contribution in [2.45, 2.75) is 104 Å². The third kappa shape index (κ3) is 1.98. The highest BCUT2D eigenvalue weighted by Crippen LogP contribution is 2.83. The van der Waals surface area contributed by atoms with Crippen molar-refractivity contribution in [2.24, 2.45) is 62.1 Å². The molecule has 0 bridgehead atoms. The highest BCUT2D eigenvalue weighted by Gasteiger charge is 2.78. The second-order valence-electron chi connectivity index (χ2n) is 13.1. The second-order valence-corrected chi connectivity index (χ2v) is 13.1. The molecule has 0 saturated heterocycles. The van der Waals surface area contributed by atoms with Crippen LogP contribution in [0.2, 0.25) is 0 Å². The van der Waals surface area contributed by atoms with Gasteiger partial charge in [0, 0.05) is 0 Å². The van der Waals surface area contributed by atoms with Crippen LogP contribution in [0.1, 0.15) is 104 Å². The van der Waals surface area contributed by atoms with E-state index in [1.807, 2.05) is 13.8 Å². The number of hydrogen-bond donors (Lipinski definition) is 0. The Morgan fingerprint density at radius 2 is 0.577 bits per heavy atom. The summed E-state index contributed by atoms with van der Waals surface area (Å²) in [5.74, 6) is 4.23. The van der Waals surface area contributed by atoms with E-state index in [0.29, 0.717) is 32.5 Å². The van der Waals surface area contributed by atoms with E-state index < -0.39 is 0 Å². The van der Waals surface area contributed by atoms with Crippen LogP contribution in [0.15, 0.2) is 0 Å². The molecule has 3 aliphatic carbocycles. The van der Waals surface area contributed by atoms with Gasteiger partial charge in [0.1, 0.15) is 0 Å². The van der Waals surface area contributed by atoms with Gasteiger partial charge in [-0.25, -0.2) is 0 Å². The summed E-state index contributed by atoms with van der Waals surface area (Å²) in [4.78, 5) is 0. The summed E-state index contributed by atoms with van der Waals surface area (Å²) >= 11 is 0. The van der Waals surface area contributed by atoms with Crippen LogP contribution in [0.4, 0.5) is 0 Å². The van der Waals surface area contributed by atoms with Gasteiger partial charge in [-0.3, -0.25) is 0 Å². The van der Waals surface area contributed by atoms with Crippen molar-refractivity contribution < 1.29 is 0 Å². The monoisotopic (exact) mass is 362 g/mol. The zero-order valence-corrected chi connectivity index (χ0v) is 20.9. The van der Waals surface area contributed by atoms with E-state index in [1.165, 1.54) is 0 Å². The van der Waals surface area contributed by atoms with Gasteiger partial charge in [0.2, 0.25) is 0 Å². The standard InChI is InChI=1S/C24H44.C2H6/c1-14-15-17(21(6,7)23(10,11)19(15,2)3)18-16(14)20(4,5)24(12,13)22(18,8)9;1-2/h14-18H,1-13H3;1-2H3. The molecule has 3 fully saturated rings. The van der Waals surface area contributed by atoms with Crippen molar-refractivity contribution in [1.29, 1.82) is 0 Å². The average molecular weight is 363 g/mol. The summed E-state index contributed by atoms with van der Waals surface area (Å²) in [5, 5.41) is 0. The molecule has 0 aliphatic heterocycles. The molecule has 0 heteroatoms. The quantitative estimate of drug-likeness (QED) is 0.406. The lowest BCUT2D eigenvalue weighted by atomic mass is 9.55. The van der Waals surface area contributed by atoms with Gasteiger partial charge in [-0.05, 0) is 62.1 Å². The summed E-state index contributed by atoms with van der Waals surface area (Å²) < 4.78 is 0. The first-order valence-electron chi connectivity index (χ1n) is 11.4. The van der Waals surface area contributed by atoms with E-state index in [2.05, 4.69) is 90.0 Å². The molecule has 4 unspecified atom stereocenters. The summed E-state index contributed by atoms with van der Waals surface area (Å²) in [5.41, 5.74) is 2.34. The van der Waals surface area contributed by atoms with Gasteiger partial charge >= 0.3 is 0 Å². The van der Waals surface area contributed by atoms with Crippen molar-refractivity contribution in [3.8, 4) is 0 Å². The highest BCUT2D eigenvalue weighted by atomic mass is 14.8. The zero-order chi connectivity index (χ0) is 20.9. The summed E-state index contributed by atoms with van der Waals surface area (Å²) in [6.07, 6.45) is 0. The first kappa shape index (κ1) is 22.3. The molecule has 0 nitrogen and oxygen atoms in total. The lowest BCUT2D eigenvalue weighted by Gasteiger charge is -2.50. The molecule has 3 aliphatic rings. The lowest BCUT2D eigenvalue weighted by molar-refractivity contribution is -0.0155. The average Bonchev–Trinajstić information content (AvgIpc) is 2.91. The minimum absolute atomic E-state index is 0.377. The van der Waals surface area contributed by atoms with E-state index in [9.17, 15) is 0 Å². The van der Waals surface area contributed by atoms with E-state index in [0.717, 1.165) is 29.6 Å². The summed E-state index contributed by atoms with van der Waals surface area (Å²) in [7, 11) is 0. The molecule has 0 aromatic heterocycles. The molecule has 0 amide bonds. The smallest absolute Gasteiger partial charge is 0.0246 e. The predicted octanol–water partition coefficient (Wildman–Crippen LogP) is 8.31. The summed E-state index contributed by atoms with van der Waals surface area (Å²) in [6.45, 7) is 37.6. The second kappa shape index (κ2) is 5.54. The van der Waals surface area contributed by atoms with Gasteiger partial charge in [0.05, 0.1) is 0 Å². The minimum Gasteiger partial charge on any atom is -0.0683 e. The van der Waals surface area contributed by atoms with Crippen LogP contribution in [0.3, 0.4) is 0 Å². The molecule has 0 aromatic rings. The van der Waals surface area contributed by atoms with Gasteiger partial charge in [0.15, 0.2) is 0 Å². The van der Waals surface area contributed by atoms with Crippen molar-refractivity contribution >= 4 is 0 Å². The minimum atomic E-state index is 0.377. The molecule has 3 saturated carbocycles. The van der Waals surface area contributed by atoms with Gasteiger partial charge in [-0.1, -0.05) is 104 Å². The number of fused-ring (bicyclic) bond motifs is 3. The number of hydrogen-bond acceptors (Lipinski definition) is 0. The largest absolute Gasteiger partial charge is 0.0683 e. The third-order valence-electron chi connectivity index (χ3n) is 12.1. The van der Waals surface area contributed by atoms with Crippen molar-refractivity contribution in [1.82, 2.24) is 0 Å². The Bertz CT molecular complexity index is 505. The zero-order valence-electron chi connectivity index (χ0n) is 20.9. The van der Waals surface area contributed by atoms with Gasteiger partial charge in [-0.2, -0.15) is 0 Å². The molecular weight excluding hydrogens is 312 g/mol. The van der Waals surface area contributed by atoms with Crippen molar-refractivity contribution in [2.75, 3.05) is 0 Å². The van der Waals surface area contributed by atoms with Crippen molar-refractivity contribution in [3.63, 3.8) is 0 Å². The first-order valence-corrected chi connectivity index (χ1v) is 11.4. The normalized spacial score (nSPS) is 44.7. The molecule has 0 N–H and O–H groups in total. The molecule has 154 valence electrons. The van der Waals surface area contributed by atoms with E-state index >= 15 is 0 Å². The Balaban J connectivity index is 0.00000117. The van der Waals surface area contributed by atoms with E-state index in [4.69, 9.17) is 0 Å². The van der Waals surface area contributed by atoms with Crippen LogP contribution in [0.25, 0.3) is 0 Å². The van der Waals surface area contributed by atoms with E-state index in [-0.39, 0.29) is 0 Å². The SMILES string of the molecule is CC.CC1C2C(C3C1C(C)(C)C(C)(C)C3(C)C)C(C)(C)C(C)(C)C2(C)C. The molecule has 0 heterocycles. The third-order valence-corrected chi connectivity index (χ3v) is 12.1. The predicted molar refractivity (Wildman–Crippen MR) is 117 cm³/mol.